The number of anilines is 1. The van der Waals surface area contributed by atoms with E-state index in [1.807, 2.05) is 29.2 Å². The van der Waals surface area contributed by atoms with Crippen molar-refractivity contribution < 1.29 is 43.7 Å². The Morgan fingerprint density at radius 2 is 1.68 bits per heavy atom. The zero-order chi connectivity index (χ0) is 31.3. The molecule has 4 rings (SSSR count). The number of aliphatic hydroxyl groups is 3. The summed E-state index contributed by atoms with van der Waals surface area (Å²) in [6, 6.07) is 7.55. The molecule has 3 N–H and O–H groups in total. The summed E-state index contributed by atoms with van der Waals surface area (Å²) >= 11 is 6.50. The maximum absolute atomic E-state index is 10.6. The van der Waals surface area contributed by atoms with Gasteiger partial charge in [0.15, 0.2) is 11.9 Å². The third-order valence-corrected chi connectivity index (χ3v) is 7.15. The van der Waals surface area contributed by atoms with Crippen LogP contribution in [0.25, 0.3) is 11.0 Å². The third-order valence-electron chi connectivity index (χ3n) is 6.78. The summed E-state index contributed by atoms with van der Waals surface area (Å²) in [5.74, 6) is 2.89. The summed E-state index contributed by atoms with van der Waals surface area (Å²) in [6.45, 7) is 3.45. The SMILES string of the molecule is C#CCOCCOCCOCCOCCN(Cc1ccccc1Cl)c1nc(OC)nc2c1cnn2[C@@H]1O[C@H](CO)[C@@H](O)[C@H]1O. The summed E-state index contributed by atoms with van der Waals surface area (Å²) in [5.41, 5.74) is 1.17. The van der Waals surface area contributed by atoms with Crippen molar-refractivity contribution in [1.82, 2.24) is 19.7 Å². The van der Waals surface area contributed by atoms with Crippen LogP contribution >= 0.6 is 11.6 Å². The Bertz CT molecular complexity index is 1360. The standard InChI is InChI=1S/C29H38ClN5O9/c1-3-9-40-11-13-42-15-16-43-14-12-41-10-8-34(18-20-6-4-5-7-22(20)30)26-21-17-31-35(27(21)33-29(32-26)39-2)28-25(38)24(37)23(19-36)44-28/h1,4-7,17,23-25,28,36-38H,8-16,18-19H2,2H3/t23-,24-,25-,28-/m1/s1. The molecule has 240 valence electrons. The average molecular weight is 636 g/mol. The predicted octanol–water partition coefficient (Wildman–Crippen LogP) is 0.806. The van der Waals surface area contributed by atoms with Crippen LogP contribution in [0.5, 0.6) is 6.01 Å². The highest BCUT2D eigenvalue weighted by molar-refractivity contribution is 6.31. The van der Waals surface area contributed by atoms with Crippen molar-refractivity contribution in [3.05, 3.63) is 41.0 Å². The second-order valence-electron chi connectivity index (χ2n) is 9.70. The third kappa shape index (κ3) is 8.75. The lowest BCUT2D eigenvalue weighted by Gasteiger charge is -2.25. The summed E-state index contributed by atoms with van der Waals surface area (Å²) in [5, 5.41) is 36.0. The molecule has 0 amide bonds. The van der Waals surface area contributed by atoms with E-state index in [1.54, 1.807) is 6.20 Å². The predicted molar refractivity (Wildman–Crippen MR) is 159 cm³/mol. The summed E-state index contributed by atoms with van der Waals surface area (Å²) in [4.78, 5) is 11.0. The maximum Gasteiger partial charge on any atom is 0.320 e. The first-order valence-electron chi connectivity index (χ1n) is 14.1. The van der Waals surface area contributed by atoms with Crippen molar-refractivity contribution in [2.45, 2.75) is 31.1 Å². The van der Waals surface area contributed by atoms with Gasteiger partial charge in [-0.1, -0.05) is 35.7 Å². The topological polar surface area (TPSA) is 163 Å². The molecule has 0 unspecified atom stereocenters. The number of benzene rings is 1. The lowest BCUT2D eigenvalue weighted by molar-refractivity contribution is -0.0566. The molecule has 14 nitrogen and oxygen atoms in total. The van der Waals surface area contributed by atoms with Crippen LogP contribution in [0.4, 0.5) is 5.82 Å². The molecule has 0 saturated carbocycles. The average Bonchev–Trinajstić information content (AvgIpc) is 3.58. The summed E-state index contributed by atoms with van der Waals surface area (Å²) < 4.78 is 34.4. The number of rotatable bonds is 19. The van der Waals surface area contributed by atoms with Crippen molar-refractivity contribution in [1.29, 1.82) is 0 Å². The van der Waals surface area contributed by atoms with Gasteiger partial charge in [-0.15, -0.1) is 6.42 Å². The Morgan fingerprint density at radius 3 is 2.32 bits per heavy atom. The number of aliphatic hydroxyl groups excluding tert-OH is 3. The van der Waals surface area contributed by atoms with E-state index in [-0.39, 0.29) is 12.6 Å². The Balaban J connectivity index is 1.43. The van der Waals surface area contributed by atoms with Crippen LogP contribution in [0.15, 0.2) is 30.5 Å². The molecule has 2 aromatic heterocycles. The van der Waals surface area contributed by atoms with Crippen LogP contribution < -0.4 is 9.64 Å². The van der Waals surface area contributed by atoms with E-state index in [0.717, 1.165) is 5.56 Å². The van der Waals surface area contributed by atoms with Crippen molar-refractivity contribution >= 4 is 28.5 Å². The normalized spacial score (nSPS) is 19.8. The van der Waals surface area contributed by atoms with Gasteiger partial charge >= 0.3 is 6.01 Å². The van der Waals surface area contributed by atoms with Crippen LogP contribution in [-0.2, 0) is 30.2 Å². The Kier molecular flexibility index (Phi) is 13.4. The molecule has 1 aliphatic rings. The number of methoxy groups -OCH3 is 1. The Labute approximate surface area is 260 Å². The zero-order valence-electron chi connectivity index (χ0n) is 24.5. The fourth-order valence-electron chi connectivity index (χ4n) is 4.55. The van der Waals surface area contributed by atoms with E-state index in [4.69, 9.17) is 46.4 Å². The van der Waals surface area contributed by atoms with E-state index in [0.29, 0.717) is 81.2 Å². The molecule has 0 bridgehead atoms. The largest absolute Gasteiger partial charge is 0.467 e. The van der Waals surface area contributed by atoms with Crippen LogP contribution in [0.1, 0.15) is 11.8 Å². The van der Waals surface area contributed by atoms with Crippen LogP contribution in [0, 0.1) is 12.3 Å². The number of nitrogens with zero attached hydrogens (tertiary/aromatic N) is 5. The molecule has 0 spiro atoms. The number of ether oxygens (including phenoxy) is 6. The fourth-order valence-corrected chi connectivity index (χ4v) is 4.75. The molecule has 3 aromatic rings. The van der Waals surface area contributed by atoms with Crippen molar-refractivity contribution in [3.63, 3.8) is 0 Å². The van der Waals surface area contributed by atoms with Crippen LogP contribution in [0.2, 0.25) is 5.02 Å². The van der Waals surface area contributed by atoms with Gasteiger partial charge in [-0.2, -0.15) is 15.1 Å². The minimum atomic E-state index is -1.34. The van der Waals surface area contributed by atoms with Crippen molar-refractivity contribution in [2.75, 3.05) is 78.0 Å². The van der Waals surface area contributed by atoms with Gasteiger partial charge in [-0.3, -0.25) is 0 Å². The number of fused-ring (bicyclic) bond motifs is 1. The number of hydrogen-bond acceptors (Lipinski definition) is 13. The summed E-state index contributed by atoms with van der Waals surface area (Å²) in [7, 11) is 1.44. The monoisotopic (exact) mass is 635 g/mol. The lowest BCUT2D eigenvalue weighted by atomic mass is 10.1. The quantitative estimate of drug-likeness (QED) is 0.125. The van der Waals surface area contributed by atoms with Gasteiger partial charge < -0.3 is 48.6 Å². The highest BCUT2D eigenvalue weighted by Gasteiger charge is 2.44. The fraction of sp³-hybridized carbons (Fsp3) is 0.552. The molecule has 0 aliphatic carbocycles. The van der Waals surface area contributed by atoms with Gasteiger partial charge in [-0.25, -0.2) is 4.68 Å². The molecule has 3 heterocycles. The highest BCUT2D eigenvalue weighted by Crippen LogP contribution is 2.34. The molecule has 44 heavy (non-hydrogen) atoms. The van der Waals surface area contributed by atoms with Gasteiger partial charge in [0, 0.05) is 18.1 Å². The molecule has 0 radical (unpaired) electrons. The molecule has 4 atom stereocenters. The van der Waals surface area contributed by atoms with E-state index in [2.05, 4.69) is 21.0 Å². The molecular formula is C29H38ClN5O9. The van der Waals surface area contributed by atoms with E-state index < -0.39 is 31.1 Å². The summed E-state index contributed by atoms with van der Waals surface area (Å²) in [6.07, 6.45) is 1.99. The highest BCUT2D eigenvalue weighted by atomic mass is 35.5. The molecule has 1 fully saturated rings. The Hall–Kier alpha value is -3.10. The maximum atomic E-state index is 10.6. The van der Waals surface area contributed by atoms with Gasteiger partial charge in [0.1, 0.15) is 30.7 Å². The van der Waals surface area contributed by atoms with E-state index in [1.165, 1.54) is 11.8 Å². The van der Waals surface area contributed by atoms with Gasteiger partial charge in [0.2, 0.25) is 0 Å². The molecule has 1 aromatic carbocycles. The van der Waals surface area contributed by atoms with Crippen molar-refractivity contribution in [3.8, 4) is 18.4 Å². The molecule has 1 aliphatic heterocycles. The van der Waals surface area contributed by atoms with E-state index in [9.17, 15) is 15.3 Å². The number of halogens is 1. The van der Waals surface area contributed by atoms with Gasteiger partial charge in [0.25, 0.3) is 0 Å². The molecule has 1 saturated heterocycles. The first-order chi connectivity index (χ1) is 21.5. The Morgan fingerprint density at radius 1 is 1.00 bits per heavy atom. The first-order valence-corrected chi connectivity index (χ1v) is 14.5. The number of aromatic nitrogens is 4. The van der Waals surface area contributed by atoms with Crippen LogP contribution in [-0.4, -0.2) is 126 Å². The van der Waals surface area contributed by atoms with Crippen molar-refractivity contribution in [2.24, 2.45) is 0 Å². The van der Waals surface area contributed by atoms with Gasteiger partial charge in [0.05, 0.1) is 71.5 Å². The van der Waals surface area contributed by atoms with Crippen LogP contribution in [0.3, 0.4) is 0 Å². The first kappa shape index (κ1) is 33.8. The molecule has 15 heteroatoms. The van der Waals surface area contributed by atoms with E-state index >= 15 is 0 Å². The lowest BCUT2D eigenvalue weighted by Crippen LogP contribution is -2.33. The zero-order valence-corrected chi connectivity index (χ0v) is 25.2. The number of hydrogen-bond donors (Lipinski definition) is 3. The molecular weight excluding hydrogens is 598 g/mol. The second kappa shape index (κ2) is 17.4. The smallest absolute Gasteiger partial charge is 0.320 e. The minimum absolute atomic E-state index is 0.0595. The van der Waals surface area contributed by atoms with Gasteiger partial charge in [-0.05, 0) is 11.6 Å². The second-order valence-corrected chi connectivity index (χ2v) is 10.1. The number of terminal acetylenes is 1. The minimum Gasteiger partial charge on any atom is -0.467 e.